The zero-order valence-electron chi connectivity index (χ0n) is 17.9. The molecule has 1 aliphatic rings. The summed E-state index contributed by atoms with van der Waals surface area (Å²) in [6, 6.07) is 17.5. The quantitative estimate of drug-likeness (QED) is 0.459. The van der Waals surface area contributed by atoms with E-state index in [0.717, 1.165) is 55.9 Å². The van der Waals surface area contributed by atoms with Gasteiger partial charge in [0.15, 0.2) is 5.82 Å². The molecular formula is C24H29N5O2. The van der Waals surface area contributed by atoms with Gasteiger partial charge in [0, 0.05) is 30.9 Å². The second kappa shape index (κ2) is 10.1. The number of rotatable bonds is 8. The molecule has 2 amide bonds. The van der Waals surface area contributed by atoms with Crippen molar-refractivity contribution in [2.75, 3.05) is 23.8 Å². The number of aromatic nitrogens is 2. The first kappa shape index (κ1) is 20.9. The van der Waals surface area contributed by atoms with Crippen molar-refractivity contribution in [1.29, 1.82) is 0 Å². The molecule has 31 heavy (non-hydrogen) atoms. The van der Waals surface area contributed by atoms with Crippen LogP contribution in [0.3, 0.4) is 0 Å². The summed E-state index contributed by atoms with van der Waals surface area (Å²) in [6.45, 7) is 5.46. The van der Waals surface area contributed by atoms with Crippen molar-refractivity contribution in [3.8, 4) is 5.75 Å². The Bertz CT molecular complexity index is 985. The van der Waals surface area contributed by atoms with E-state index in [4.69, 9.17) is 4.74 Å². The maximum Gasteiger partial charge on any atom is 0.324 e. The van der Waals surface area contributed by atoms with E-state index in [9.17, 15) is 4.79 Å². The molecule has 4 rings (SSSR count). The van der Waals surface area contributed by atoms with Crippen LogP contribution in [0.25, 0.3) is 0 Å². The summed E-state index contributed by atoms with van der Waals surface area (Å²) in [4.78, 5) is 14.8. The third-order valence-electron chi connectivity index (χ3n) is 5.37. The van der Waals surface area contributed by atoms with Crippen LogP contribution in [0.5, 0.6) is 5.75 Å². The molecule has 2 aromatic carbocycles. The Labute approximate surface area is 182 Å². The van der Waals surface area contributed by atoms with Crippen molar-refractivity contribution in [3.05, 3.63) is 71.4 Å². The lowest BCUT2D eigenvalue weighted by atomic mass is 10.1. The minimum absolute atomic E-state index is 0.305. The smallest absolute Gasteiger partial charge is 0.324 e. The van der Waals surface area contributed by atoms with E-state index in [-0.39, 0.29) is 6.03 Å². The van der Waals surface area contributed by atoms with Crippen molar-refractivity contribution in [1.82, 2.24) is 15.1 Å². The topological polar surface area (TPSA) is 82.3 Å². The number of carbonyl (C=O) groups is 1. The predicted molar refractivity (Wildman–Crippen MR) is 122 cm³/mol. The Morgan fingerprint density at radius 2 is 1.94 bits per heavy atom. The third-order valence-corrected chi connectivity index (χ3v) is 5.37. The van der Waals surface area contributed by atoms with E-state index in [1.165, 1.54) is 5.56 Å². The maximum atomic E-state index is 12.4. The second-order valence-corrected chi connectivity index (χ2v) is 7.78. The van der Waals surface area contributed by atoms with Crippen LogP contribution in [0.1, 0.15) is 36.6 Å². The van der Waals surface area contributed by atoms with Crippen LogP contribution in [-0.2, 0) is 19.5 Å². The molecule has 0 unspecified atom stereocenters. The fourth-order valence-electron chi connectivity index (χ4n) is 3.69. The number of amides is 2. The molecule has 1 aromatic heterocycles. The van der Waals surface area contributed by atoms with Gasteiger partial charge in [-0.3, -0.25) is 15.3 Å². The number of fused-ring (bicyclic) bond motifs is 1. The maximum absolute atomic E-state index is 12.4. The molecule has 0 spiro atoms. The lowest BCUT2D eigenvalue weighted by Gasteiger charge is -2.26. The van der Waals surface area contributed by atoms with Crippen molar-refractivity contribution in [2.24, 2.45) is 0 Å². The van der Waals surface area contributed by atoms with Crippen molar-refractivity contribution in [3.63, 3.8) is 0 Å². The number of carbonyl (C=O) groups excluding carboxylic acids is 1. The van der Waals surface area contributed by atoms with E-state index < -0.39 is 0 Å². The molecule has 0 aliphatic carbocycles. The third kappa shape index (κ3) is 5.64. The van der Waals surface area contributed by atoms with Gasteiger partial charge in [-0.25, -0.2) is 4.79 Å². The van der Waals surface area contributed by atoms with E-state index in [2.05, 4.69) is 56.9 Å². The van der Waals surface area contributed by atoms with Gasteiger partial charge in [0.25, 0.3) is 0 Å². The number of hydrogen-bond acceptors (Lipinski definition) is 4. The van der Waals surface area contributed by atoms with Crippen LogP contribution in [0, 0.1) is 0 Å². The van der Waals surface area contributed by atoms with E-state index in [0.29, 0.717) is 18.1 Å². The van der Waals surface area contributed by atoms with Crippen molar-refractivity contribution < 1.29 is 9.53 Å². The van der Waals surface area contributed by atoms with Crippen LogP contribution in [0.15, 0.2) is 54.6 Å². The van der Waals surface area contributed by atoms with Gasteiger partial charge in [-0.15, -0.1) is 0 Å². The number of unbranched alkanes of at least 4 members (excludes halogenated alkanes) is 1. The summed E-state index contributed by atoms with van der Waals surface area (Å²) in [5.74, 6) is 1.41. The van der Waals surface area contributed by atoms with Gasteiger partial charge in [-0.2, -0.15) is 5.10 Å². The first-order valence-electron chi connectivity index (χ1n) is 10.8. The van der Waals surface area contributed by atoms with Gasteiger partial charge in [0.1, 0.15) is 5.75 Å². The molecule has 0 bridgehead atoms. The minimum atomic E-state index is -0.305. The molecule has 7 nitrogen and oxygen atoms in total. The van der Waals surface area contributed by atoms with Gasteiger partial charge >= 0.3 is 6.03 Å². The average molecular weight is 420 g/mol. The first-order valence-corrected chi connectivity index (χ1v) is 10.8. The molecule has 0 atom stereocenters. The Kier molecular flexibility index (Phi) is 6.84. The highest BCUT2D eigenvalue weighted by Crippen LogP contribution is 2.25. The SMILES string of the molecule is CCCCOc1ccc(NC(=O)Nc2n[nH]c3c2CCN(Cc2ccccc2)C3)cc1. The lowest BCUT2D eigenvalue weighted by molar-refractivity contribution is 0.242. The number of nitrogens with zero attached hydrogens (tertiary/aromatic N) is 2. The van der Waals surface area contributed by atoms with E-state index in [1.807, 2.05) is 30.3 Å². The van der Waals surface area contributed by atoms with Gasteiger partial charge in [0.05, 0.1) is 12.3 Å². The summed E-state index contributed by atoms with van der Waals surface area (Å²) < 4.78 is 5.65. The number of hydrogen-bond donors (Lipinski definition) is 3. The molecule has 0 radical (unpaired) electrons. The number of H-pyrrole nitrogens is 1. The number of benzene rings is 2. The molecule has 2 heterocycles. The van der Waals surface area contributed by atoms with Crippen molar-refractivity contribution in [2.45, 2.75) is 39.3 Å². The summed E-state index contributed by atoms with van der Waals surface area (Å²) >= 11 is 0. The first-order chi connectivity index (χ1) is 15.2. The van der Waals surface area contributed by atoms with Crippen LogP contribution < -0.4 is 15.4 Å². The van der Waals surface area contributed by atoms with Crippen LogP contribution in [0.2, 0.25) is 0 Å². The highest BCUT2D eigenvalue weighted by atomic mass is 16.5. The van der Waals surface area contributed by atoms with E-state index >= 15 is 0 Å². The highest BCUT2D eigenvalue weighted by molar-refractivity contribution is 5.99. The number of nitrogens with one attached hydrogen (secondary N) is 3. The number of ether oxygens (including phenoxy) is 1. The molecular weight excluding hydrogens is 390 g/mol. The average Bonchev–Trinajstić information content (AvgIpc) is 3.17. The predicted octanol–water partition coefficient (Wildman–Crippen LogP) is 4.79. The fraction of sp³-hybridized carbons (Fsp3) is 0.333. The van der Waals surface area contributed by atoms with Gasteiger partial charge in [-0.05, 0) is 42.7 Å². The van der Waals surface area contributed by atoms with Crippen molar-refractivity contribution >= 4 is 17.5 Å². The number of urea groups is 1. The fourth-order valence-corrected chi connectivity index (χ4v) is 3.69. The molecule has 162 valence electrons. The van der Waals surface area contributed by atoms with Crippen LogP contribution in [-0.4, -0.2) is 34.3 Å². The Morgan fingerprint density at radius 3 is 2.71 bits per heavy atom. The monoisotopic (exact) mass is 419 g/mol. The molecule has 3 N–H and O–H groups in total. The molecule has 3 aromatic rings. The zero-order chi connectivity index (χ0) is 21.5. The molecule has 1 aliphatic heterocycles. The standard InChI is InChI=1S/C24H29N5O2/c1-2-3-15-31-20-11-9-19(10-12-20)25-24(30)26-23-21-13-14-29(17-22(21)27-28-23)16-18-7-5-4-6-8-18/h4-12H,2-3,13-17H2,1H3,(H3,25,26,27,28,30). The number of anilines is 2. The molecule has 7 heteroatoms. The largest absolute Gasteiger partial charge is 0.494 e. The normalized spacial score (nSPS) is 13.5. The zero-order valence-corrected chi connectivity index (χ0v) is 17.9. The van der Waals surface area contributed by atoms with Crippen LogP contribution >= 0.6 is 0 Å². The Hall–Kier alpha value is -3.32. The van der Waals surface area contributed by atoms with Gasteiger partial charge in [0.2, 0.25) is 0 Å². The Balaban J connectivity index is 1.30. The van der Waals surface area contributed by atoms with Crippen LogP contribution in [0.4, 0.5) is 16.3 Å². The number of aromatic amines is 1. The molecule has 0 fully saturated rings. The highest BCUT2D eigenvalue weighted by Gasteiger charge is 2.22. The second-order valence-electron chi connectivity index (χ2n) is 7.78. The summed E-state index contributed by atoms with van der Waals surface area (Å²) in [7, 11) is 0. The van der Waals surface area contributed by atoms with Gasteiger partial charge in [-0.1, -0.05) is 43.7 Å². The minimum Gasteiger partial charge on any atom is -0.494 e. The summed E-state index contributed by atoms with van der Waals surface area (Å²) in [5, 5.41) is 13.2. The summed E-state index contributed by atoms with van der Waals surface area (Å²) in [5.41, 5.74) is 4.15. The Morgan fingerprint density at radius 1 is 1.13 bits per heavy atom. The van der Waals surface area contributed by atoms with Gasteiger partial charge < -0.3 is 10.1 Å². The molecule has 0 saturated heterocycles. The molecule has 0 saturated carbocycles. The summed E-state index contributed by atoms with van der Waals surface area (Å²) in [6.07, 6.45) is 2.97. The van der Waals surface area contributed by atoms with E-state index in [1.54, 1.807) is 0 Å². The lowest BCUT2D eigenvalue weighted by Crippen LogP contribution is -2.30.